The number of carbonyl (C=O) groups is 1. The number of aromatic nitrogens is 1. The van der Waals surface area contributed by atoms with E-state index in [1.807, 2.05) is 43.3 Å². The van der Waals surface area contributed by atoms with Gasteiger partial charge in [0.2, 0.25) is 0 Å². The van der Waals surface area contributed by atoms with E-state index in [0.29, 0.717) is 5.69 Å². The van der Waals surface area contributed by atoms with Gasteiger partial charge in [-0.1, -0.05) is 43.3 Å². The zero-order chi connectivity index (χ0) is 21.9. The molecule has 0 saturated carbocycles. The number of anilines is 4. The lowest BCUT2D eigenvalue weighted by Crippen LogP contribution is -2.16. The molecule has 0 saturated heterocycles. The number of hydrogen-bond acceptors (Lipinski definition) is 4. The molecule has 0 spiro atoms. The van der Waals surface area contributed by atoms with Crippen LogP contribution in [-0.2, 0) is 6.42 Å². The lowest BCUT2D eigenvalue weighted by atomic mass is 10.1. The van der Waals surface area contributed by atoms with E-state index in [1.165, 1.54) is 10.8 Å². The molecule has 1 aromatic heterocycles. The summed E-state index contributed by atoms with van der Waals surface area (Å²) in [7, 11) is 0. The monoisotopic (exact) mass is 420 g/mol. The Morgan fingerprint density at radius 2 is 1.88 bits per heavy atom. The smallest absolute Gasteiger partial charge is 0.274 e. The SMILES string of the molecule is CCc1cccnc1C(=O)Nc1ccc(N2C=CCNc3c2ccc2ccccc32)cc1. The molecule has 4 aromatic rings. The summed E-state index contributed by atoms with van der Waals surface area (Å²) >= 11 is 0. The van der Waals surface area contributed by atoms with Gasteiger partial charge in [-0.3, -0.25) is 9.78 Å². The van der Waals surface area contributed by atoms with Gasteiger partial charge in [0.15, 0.2) is 0 Å². The molecular formula is C27H24N4O. The summed E-state index contributed by atoms with van der Waals surface area (Å²) in [4.78, 5) is 19.1. The minimum atomic E-state index is -0.189. The van der Waals surface area contributed by atoms with Crippen molar-refractivity contribution in [1.82, 2.24) is 4.98 Å². The third-order valence-corrected chi connectivity index (χ3v) is 5.71. The molecule has 0 unspecified atom stereocenters. The van der Waals surface area contributed by atoms with Crippen molar-refractivity contribution in [2.75, 3.05) is 22.1 Å². The zero-order valence-electron chi connectivity index (χ0n) is 17.9. The maximum atomic E-state index is 12.7. The molecule has 3 aromatic carbocycles. The van der Waals surface area contributed by atoms with Crippen molar-refractivity contribution in [2.45, 2.75) is 13.3 Å². The molecule has 2 N–H and O–H groups in total. The Morgan fingerprint density at radius 1 is 1.03 bits per heavy atom. The fourth-order valence-electron chi connectivity index (χ4n) is 4.10. The van der Waals surface area contributed by atoms with Gasteiger partial charge in [0, 0.05) is 35.7 Å². The predicted molar refractivity (Wildman–Crippen MR) is 132 cm³/mol. The Bertz CT molecular complexity index is 1310. The fraction of sp³-hybridized carbons (Fsp3) is 0.111. The summed E-state index contributed by atoms with van der Waals surface area (Å²) < 4.78 is 0. The minimum Gasteiger partial charge on any atom is -0.379 e. The summed E-state index contributed by atoms with van der Waals surface area (Å²) in [5.41, 5.74) is 5.38. The van der Waals surface area contributed by atoms with Crippen molar-refractivity contribution < 1.29 is 4.79 Å². The number of aryl methyl sites for hydroxylation is 1. The highest BCUT2D eigenvalue weighted by molar-refractivity contribution is 6.04. The number of hydrogen-bond donors (Lipinski definition) is 2. The molecule has 2 heterocycles. The molecule has 5 nitrogen and oxygen atoms in total. The first-order valence-corrected chi connectivity index (χ1v) is 10.8. The van der Waals surface area contributed by atoms with Gasteiger partial charge in [-0.2, -0.15) is 0 Å². The second-order valence-corrected chi connectivity index (χ2v) is 7.68. The molecule has 0 atom stereocenters. The number of nitrogens with one attached hydrogen (secondary N) is 2. The summed E-state index contributed by atoms with van der Waals surface area (Å²) in [6, 6.07) is 24.4. The van der Waals surface area contributed by atoms with E-state index in [4.69, 9.17) is 0 Å². The van der Waals surface area contributed by atoms with Gasteiger partial charge >= 0.3 is 0 Å². The maximum absolute atomic E-state index is 12.7. The summed E-state index contributed by atoms with van der Waals surface area (Å²) in [6.45, 7) is 2.78. The standard InChI is InChI=1S/C27H24N4O/c1-2-19-8-5-16-28-25(19)27(32)30-21-11-13-22(14-12-21)31-18-6-17-29-26-23-9-4-3-7-20(23)10-15-24(26)31/h3-16,18,29H,2,17H2,1H3,(H,30,32). The Kier molecular flexibility index (Phi) is 5.30. The van der Waals surface area contributed by atoms with E-state index in [0.717, 1.165) is 41.3 Å². The molecule has 1 amide bonds. The molecule has 5 heteroatoms. The maximum Gasteiger partial charge on any atom is 0.274 e. The zero-order valence-corrected chi connectivity index (χ0v) is 17.9. The third kappa shape index (κ3) is 3.69. The van der Waals surface area contributed by atoms with Gasteiger partial charge in [0.25, 0.3) is 5.91 Å². The topological polar surface area (TPSA) is 57.3 Å². The van der Waals surface area contributed by atoms with E-state index < -0.39 is 0 Å². The average Bonchev–Trinajstić information content (AvgIpc) is 3.07. The molecule has 5 rings (SSSR count). The van der Waals surface area contributed by atoms with Crippen LogP contribution in [0.4, 0.5) is 22.7 Å². The number of amides is 1. The van der Waals surface area contributed by atoms with Crippen LogP contribution in [0, 0.1) is 0 Å². The second-order valence-electron chi connectivity index (χ2n) is 7.68. The number of fused-ring (bicyclic) bond motifs is 3. The van der Waals surface area contributed by atoms with Gasteiger partial charge in [0.05, 0.1) is 11.4 Å². The van der Waals surface area contributed by atoms with Crippen molar-refractivity contribution in [3.8, 4) is 0 Å². The largest absolute Gasteiger partial charge is 0.379 e. The van der Waals surface area contributed by atoms with Crippen molar-refractivity contribution in [3.63, 3.8) is 0 Å². The minimum absolute atomic E-state index is 0.189. The van der Waals surface area contributed by atoms with Crippen LogP contribution in [0.5, 0.6) is 0 Å². The van der Waals surface area contributed by atoms with Crippen LogP contribution >= 0.6 is 0 Å². The second kappa shape index (κ2) is 8.55. The van der Waals surface area contributed by atoms with Crippen LogP contribution in [-0.4, -0.2) is 17.4 Å². The van der Waals surface area contributed by atoms with E-state index in [1.54, 1.807) is 6.20 Å². The van der Waals surface area contributed by atoms with Gasteiger partial charge in [-0.05, 0) is 59.8 Å². The summed E-state index contributed by atoms with van der Waals surface area (Å²) in [5.74, 6) is -0.189. The molecule has 0 aliphatic carbocycles. The first-order chi connectivity index (χ1) is 15.7. The van der Waals surface area contributed by atoms with Crippen LogP contribution in [0.3, 0.4) is 0 Å². The quantitative estimate of drug-likeness (QED) is 0.417. The molecule has 0 radical (unpaired) electrons. The molecule has 1 aliphatic heterocycles. The van der Waals surface area contributed by atoms with Crippen molar-refractivity contribution in [3.05, 3.63) is 103 Å². The lowest BCUT2D eigenvalue weighted by molar-refractivity contribution is 0.102. The van der Waals surface area contributed by atoms with E-state index in [-0.39, 0.29) is 5.91 Å². The highest BCUT2D eigenvalue weighted by atomic mass is 16.1. The molecule has 0 fully saturated rings. The van der Waals surface area contributed by atoms with Crippen LogP contribution in [0.1, 0.15) is 23.0 Å². The molecule has 158 valence electrons. The van der Waals surface area contributed by atoms with E-state index in [2.05, 4.69) is 69.2 Å². The Hall–Kier alpha value is -4.12. The van der Waals surface area contributed by atoms with E-state index in [9.17, 15) is 4.79 Å². The van der Waals surface area contributed by atoms with Gasteiger partial charge in [-0.15, -0.1) is 0 Å². The Balaban J connectivity index is 1.43. The number of carbonyl (C=O) groups excluding carboxylic acids is 1. The Morgan fingerprint density at radius 3 is 2.72 bits per heavy atom. The lowest BCUT2D eigenvalue weighted by Gasteiger charge is -2.23. The summed E-state index contributed by atoms with van der Waals surface area (Å²) in [6.07, 6.45) is 6.61. The Labute approximate surface area is 187 Å². The number of pyridine rings is 1. The normalized spacial score (nSPS) is 12.7. The molecular weight excluding hydrogens is 396 g/mol. The number of nitrogens with zero attached hydrogens (tertiary/aromatic N) is 2. The first-order valence-electron chi connectivity index (χ1n) is 10.8. The van der Waals surface area contributed by atoms with Gasteiger partial charge in [0.1, 0.15) is 5.69 Å². The van der Waals surface area contributed by atoms with Crippen LogP contribution in [0.15, 0.2) is 91.3 Å². The van der Waals surface area contributed by atoms with Crippen LogP contribution < -0.4 is 15.5 Å². The van der Waals surface area contributed by atoms with Crippen LogP contribution in [0.25, 0.3) is 10.8 Å². The van der Waals surface area contributed by atoms with Crippen molar-refractivity contribution in [1.29, 1.82) is 0 Å². The average molecular weight is 421 g/mol. The third-order valence-electron chi connectivity index (χ3n) is 5.71. The van der Waals surface area contributed by atoms with E-state index >= 15 is 0 Å². The number of benzene rings is 3. The van der Waals surface area contributed by atoms with Crippen molar-refractivity contribution in [2.24, 2.45) is 0 Å². The van der Waals surface area contributed by atoms with Gasteiger partial charge in [-0.25, -0.2) is 0 Å². The predicted octanol–water partition coefficient (Wildman–Crippen LogP) is 6.13. The first kappa shape index (κ1) is 19.8. The molecule has 1 aliphatic rings. The number of rotatable bonds is 4. The highest BCUT2D eigenvalue weighted by Gasteiger charge is 2.17. The van der Waals surface area contributed by atoms with Gasteiger partial charge < -0.3 is 15.5 Å². The molecule has 32 heavy (non-hydrogen) atoms. The highest BCUT2D eigenvalue weighted by Crippen LogP contribution is 2.39. The molecule has 0 bridgehead atoms. The summed E-state index contributed by atoms with van der Waals surface area (Å²) in [5, 5.41) is 8.92. The van der Waals surface area contributed by atoms with Crippen molar-refractivity contribution >= 4 is 39.4 Å². The fourth-order valence-corrected chi connectivity index (χ4v) is 4.10. The van der Waals surface area contributed by atoms with Crippen LogP contribution in [0.2, 0.25) is 0 Å².